The Labute approximate surface area is 119 Å². The molecule has 2 rings (SSSR count). The average Bonchev–Trinajstić information content (AvgIpc) is 2.46. The van der Waals surface area contributed by atoms with Gasteiger partial charge in [0, 0.05) is 6.20 Å². The number of hydrogen-bond donors (Lipinski definition) is 1. The highest BCUT2D eigenvalue weighted by atomic mass is 32.2. The third-order valence-corrected chi connectivity index (χ3v) is 4.24. The topological polar surface area (TPSA) is 72.0 Å². The summed E-state index contributed by atoms with van der Waals surface area (Å²) in [4.78, 5) is 7.82. The van der Waals surface area contributed by atoms with Gasteiger partial charge in [-0.2, -0.15) is 0 Å². The lowest BCUT2D eigenvalue weighted by atomic mass is 10.1. The maximum Gasteiger partial charge on any atom is 0.263 e. The van der Waals surface area contributed by atoms with Crippen molar-refractivity contribution >= 4 is 15.8 Å². The first kappa shape index (κ1) is 14.5. The number of aromatic nitrogens is 2. The smallest absolute Gasteiger partial charge is 0.263 e. The van der Waals surface area contributed by atoms with Gasteiger partial charge in [0.25, 0.3) is 10.0 Å². The molecule has 0 aliphatic rings. The van der Waals surface area contributed by atoms with Crippen LogP contribution >= 0.6 is 0 Å². The molecular formula is C14H17N3O2S. The van der Waals surface area contributed by atoms with Gasteiger partial charge >= 0.3 is 0 Å². The molecule has 1 heterocycles. The Bertz CT molecular complexity index is 640. The van der Waals surface area contributed by atoms with Crippen LogP contribution in [0.15, 0.2) is 47.8 Å². The Hall–Kier alpha value is -1.95. The van der Waals surface area contributed by atoms with E-state index in [1.54, 1.807) is 12.1 Å². The molecule has 5 nitrogen and oxygen atoms in total. The number of benzene rings is 1. The first-order chi connectivity index (χ1) is 9.62. The Morgan fingerprint density at radius 3 is 2.50 bits per heavy atom. The van der Waals surface area contributed by atoms with Crippen LogP contribution in [-0.4, -0.2) is 18.4 Å². The van der Waals surface area contributed by atoms with Crippen LogP contribution in [0.3, 0.4) is 0 Å². The summed E-state index contributed by atoms with van der Waals surface area (Å²) >= 11 is 0. The molecule has 1 aromatic heterocycles. The van der Waals surface area contributed by atoms with Gasteiger partial charge in [-0.05, 0) is 36.6 Å². The number of rotatable bonds is 6. The molecule has 0 saturated carbocycles. The van der Waals surface area contributed by atoms with E-state index in [-0.39, 0.29) is 10.7 Å². The summed E-state index contributed by atoms with van der Waals surface area (Å²) in [6, 6.07) is 8.45. The predicted octanol–water partition coefficient (Wildman–Crippen LogP) is 2.62. The summed E-state index contributed by atoms with van der Waals surface area (Å²) in [6.45, 7) is 2.13. The molecule has 0 spiro atoms. The first-order valence-corrected chi connectivity index (χ1v) is 7.98. The second-order valence-corrected chi connectivity index (χ2v) is 6.13. The molecule has 0 fully saturated rings. The molecule has 0 atom stereocenters. The second-order valence-electron chi connectivity index (χ2n) is 4.45. The molecule has 2 aromatic rings. The summed E-state index contributed by atoms with van der Waals surface area (Å²) in [6.07, 6.45) is 5.97. The van der Waals surface area contributed by atoms with E-state index in [4.69, 9.17) is 0 Å². The van der Waals surface area contributed by atoms with Crippen molar-refractivity contribution in [2.24, 2.45) is 0 Å². The number of anilines is 1. The maximum absolute atomic E-state index is 12.2. The molecule has 106 valence electrons. The lowest BCUT2D eigenvalue weighted by Gasteiger charge is -2.07. The average molecular weight is 291 g/mol. The molecule has 0 aliphatic heterocycles. The van der Waals surface area contributed by atoms with Crippen LogP contribution in [0.25, 0.3) is 0 Å². The number of unbranched alkanes of at least 4 members (excludes halogenated alkanes) is 1. The number of sulfonamides is 1. The lowest BCUT2D eigenvalue weighted by Crippen LogP contribution is -2.13. The molecule has 0 radical (unpaired) electrons. The fraction of sp³-hybridized carbons (Fsp3) is 0.286. The highest BCUT2D eigenvalue weighted by Crippen LogP contribution is 2.15. The summed E-state index contributed by atoms with van der Waals surface area (Å²) < 4.78 is 26.7. The van der Waals surface area contributed by atoms with Crippen LogP contribution in [0, 0.1) is 0 Å². The summed E-state index contributed by atoms with van der Waals surface area (Å²) in [7, 11) is -3.59. The quantitative estimate of drug-likeness (QED) is 0.888. The van der Waals surface area contributed by atoms with E-state index in [1.807, 2.05) is 12.1 Å². The van der Waals surface area contributed by atoms with Gasteiger partial charge in [-0.3, -0.25) is 4.72 Å². The Balaban J connectivity index is 2.13. The fourth-order valence-corrected chi connectivity index (χ4v) is 2.77. The molecule has 0 unspecified atom stereocenters. The largest absolute Gasteiger partial charge is 0.263 e. The van der Waals surface area contributed by atoms with Crippen molar-refractivity contribution in [1.29, 1.82) is 0 Å². The van der Waals surface area contributed by atoms with E-state index in [0.29, 0.717) is 0 Å². The second kappa shape index (κ2) is 6.47. The zero-order chi connectivity index (χ0) is 14.4. The maximum atomic E-state index is 12.2. The van der Waals surface area contributed by atoms with E-state index >= 15 is 0 Å². The van der Waals surface area contributed by atoms with Gasteiger partial charge in [0.1, 0.15) is 12.1 Å². The van der Waals surface area contributed by atoms with Crippen molar-refractivity contribution in [3.8, 4) is 0 Å². The highest BCUT2D eigenvalue weighted by molar-refractivity contribution is 7.92. The van der Waals surface area contributed by atoms with Gasteiger partial charge in [-0.15, -0.1) is 0 Å². The third kappa shape index (κ3) is 3.77. The fourth-order valence-electron chi connectivity index (χ4n) is 1.76. The van der Waals surface area contributed by atoms with Crippen LogP contribution in [0.4, 0.5) is 5.82 Å². The predicted molar refractivity (Wildman–Crippen MR) is 77.9 cm³/mol. The molecule has 1 aromatic carbocycles. The minimum Gasteiger partial charge on any atom is -0.263 e. The lowest BCUT2D eigenvalue weighted by molar-refractivity contribution is 0.601. The van der Waals surface area contributed by atoms with Crippen LogP contribution in [-0.2, 0) is 16.4 Å². The van der Waals surface area contributed by atoms with Gasteiger partial charge in [-0.1, -0.05) is 25.5 Å². The molecule has 6 heteroatoms. The third-order valence-electron chi connectivity index (χ3n) is 2.87. The van der Waals surface area contributed by atoms with Crippen molar-refractivity contribution in [3.05, 3.63) is 48.4 Å². The van der Waals surface area contributed by atoms with E-state index in [2.05, 4.69) is 21.6 Å². The van der Waals surface area contributed by atoms with Gasteiger partial charge in [-0.25, -0.2) is 18.4 Å². The SMILES string of the molecule is CCCCc1ccc(S(=O)(=O)Nc2ccncn2)cc1. The zero-order valence-corrected chi connectivity index (χ0v) is 12.1. The van der Waals surface area contributed by atoms with Crippen molar-refractivity contribution in [3.63, 3.8) is 0 Å². The Morgan fingerprint density at radius 1 is 1.15 bits per heavy atom. The van der Waals surface area contributed by atoms with Crippen molar-refractivity contribution < 1.29 is 8.42 Å². The van der Waals surface area contributed by atoms with E-state index in [0.717, 1.165) is 24.8 Å². The van der Waals surface area contributed by atoms with Crippen LogP contribution < -0.4 is 4.72 Å². The van der Waals surface area contributed by atoms with Gasteiger partial charge in [0.05, 0.1) is 4.90 Å². The Morgan fingerprint density at radius 2 is 1.90 bits per heavy atom. The number of aryl methyl sites for hydroxylation is 1. The van der Waals surface area contributed by atoms with E-state index in [1.165, 1.54) is 18.6 Å². The molecule has 0 saturated heterocycles. The first-order valence-electron chi connectivity index (χ1n) is 6.49. The molecule has 20 heavy (non-hydrogen) atoms. The summed E-state index contributed by atoms with van der Waals surface area (Å²) in [5, 5.41) is 0. The van der Waals surface area contributed by atoms with Gasteiger partial charge in [0.2, 0.25) is 0 Å². The highest BCUT2D eigenvalue weighted by Gasteiger charge is 2.14. The minimum atomic E-state index is -3.59. The number of nitrogens with zero attached hydrogens (tertiary/aromatic N) is 2. The van der Waals surface area contributed by atoms with Gasteiger partial charge < -0.3 is 0 Å². The zero-order valence-electron chi connectivity index (χ0n) is 11.3. The summed E-state index contributed by atoms with van der Waals surface area (Å²) in [5.41, 5.74) is 1.15. The summed E-state index contributed by atoms with van der Waals surface area (Å²) in [5.74, 6) is 0.259. The van der Waals surface area contributed by atoms with E-state index in [9.17, 15) is 8.42 Å². The van der Waals surface area contributed by atoms with Crippen molar-refractivity contribution in [1.82, 2.24) is 9.97 Å². The minimum absolute atomic E-state index is 0.233. The van der Waals surface area contributed by atoms with Crippen molar-refractivity contribution in [2.45, 2.75) is 31.1 Å². The standard InChI is InChI=1S/C14H17N3O2S/c1-2-3-4-12-5-7-13(8-6-12)20(18,19)17-14-9-10-15-11-16-14/h5-11H,2-4H2,1H3,(H,15,16,17). The monoisotopic (exact) mass is 291 g/mol. The van der Waals surface area contributed by atoms with Crippen LogP contribution in [0.2, 0.25) is 0 Å². The van der Waals surface area contributed by atoms with E-state index < -0.39 is 10.0 Å². The Kier molecular flexibility index (Phi) is 4.68. The van der Waals surface area contributed by atoms with Crippen LogP contribution in [0.1, 0.15) is 25.3 Å². The molecule has 0 aliphatic carbocycles. The molecule has 1 N–H and O–H groups in total. The van der Waals surface area contributed by atoms with Crippen LogP contribution in [0.5, 0.6) is 0 Å². The molecule has 0 amide bonds. The number of nitrogens with one attached hydrogen (secondary N) is 1. The molecule has 0 bridgehead atoms. The normalized spacial score (nSPS) is 11.2. The molecular weight excluding hydrogens is 274 g/mol. The van der Waals surface area contributed by atoms with Gasteiger partial charge in [0.15, 0.2) is 0 Å². The number of hydrogen-bond acceptors (Lipinski definition) is 4. The van der Waals surface area contributed by atoms with Crippen molar-refractivity contribution in [2.75, 3.05) is 4.72 Å².